The van der Waals surface area contributed by atoms with Gasteiger partial charge in [0, 0.05) is 5.56 Å². The molecule has 1 N–H and O–H groups in total. The lowest BCUT2D eigenvalue weighted by Gasteiger charge is -2.08. The van der Waals surface area contributed by atoms with Crippen LogP contribution in [-0.2, 0) is 6.18 Å². The van der Waals surface area contributed by atoms with Crippen LogP contribution in [0.5, 0.6) is 0 Å². The number of carboxylic acid groups (broad SMARTS) is 1. The minimum absolute atomic E-state index is 0.0297. The highest BCUT2D eigenvalue weighted by molar-refractivity contribution is 6.19. The van der Waals surface area contributed by atoms with Gasteiger partial charge in [-0.2, -0.15) is 13.2 Å². The molecule has 90 valence electrons. The Hall–Kier alpha value is -1.67. The minimum Gasteiger partial charge on any atom is -0.478 e. The van der Waals surface area contributed by atoms with Crippen LogP contribution in [0.3, 0.4) is 0 Å². The van der Waals surface area contributed by atoms with Gasteiger partial charge in [0.25, 0.3) is 0 Å². The largest absolute Gasteiger partial charge is 0.478 e. The molecule has 1 aromatic rings. The Bertz CT molecular complexity index is 498. The second-order valence-electron chi connectivity index (χ2n) is 3.04. The molecule has 1 rings (SSSR count). The molecule has 0 heterocycles. The summed E-state index contributed by atoms with van der Waals surface area (Å²) < 4.78 is 37.4. The van der Waals surface area contributed by atoms with E-state index in [1.165, 1.54) is 0 Å². The summed E-state index contributed by atoms with van der Waals surface area (Å²) in [5.74, 6) is 3.24. The third-order valence-corrected chi connectivity index (χ3v) is 1.94. The summed E-state index contributed by atoms with van der Waals surface area (Å²) in [4.78, 5) is 10.7. The summed E-state index contributed by atoms with van der Waals surface area (Å²) in [5, 5.41) is 8.68. The maximum Gasteiger partial charge on any atom is 0.416 e. The third-order valence-electron chi connectivity index (χ3n) is 1.81. The Morgan fingerprint density at radius 3 is 2.47 bits per heavy atom. The highest BCUT2D eigenvalue weighted by Crippen LogP contribution is 2.30. The first-order valence-electron chi connectivity index (χ1n) is 4.35. The summed E-state index contributed by atoms with van der Waals surface area (Å²) in [7, 11) is 0. The Labute approximate surface area is 100 Å². The molecule has 0 saturated carbocycles. The monoisotopic (exact) mass is 262 g/mol. The first-order valence-corrected chi connectivity index (χ1v) is 4.88. The normalized spacial score (nSPS) is 10.6. The van der Waals surface area contributed by atoms with Gasteiger partial charge in [-0.05, 0) is 18.2 Å². The van der Waals surface area contributed by atoms with Crippen LogP contribution in [0.1, 0.15) is 21.5 Å². The SMILES string of the molecule is O=C(O)c1cc(C#CCCl)cc(C(F)(F)F)c1. The Balaban J connectivity index is 3.34. The van der Waals surface area contributed by atoms with Gasteiger partial charge in [-0.25, -0.2) is 4.79 Å². The quantitative estimate of drug-likeness (QED) is 0.624. The summed E-state index contributed by atoms with van der Waals surface area (Å²) in [6, 6.07) is 2.41. The average molecular weight is 263 g/mol. The summed E-state index contributed by atoms with van der Waals surface area (Å²) in [6.45, 7) is 0. The van der Waals surface area contributed by atoms with Crippen molar-refractivity contribution in [2.24, 2.45) is 0 Å². The second-order valence-corrected chi connectivity index (χ2v) is 3.30. The van der Waals surface area contributed by atoms with Gasteiger partial charge in [0.1, 0.15) is 0 Å². The van der Waals surface area contributed by atoms with Crippen molar-refractivity contribution in [2.45, 2.75) is 6.18 Å². The zero-order chi connectivity index (χ0) is 13.1. The standard InChI is InChI=1S/C11H6ClF3O2/c12-3-1-2-7-4-8(10(16)17)6-9(5-7)11(13,14)15/h4-6H,3H2,(H,16,17). The predicted octanol–water partition coefficient (Wildman–Crippen LogP) is 2.99. The van der Waals surface area contributed by atoms with Crippen molar-refractivity contribution in [3.8, 4) is 11.8 Å². The molecule has 0 aromatic heterocycles. The lowest BCUT2D eigenvalue weighted by atomic mass is 10.1. The molecule has 0 aliphatic carbocycles. The number of rotatable bonds is 1. The molecule has 0 amide bonds. The summed E-state index contributed by atoms with van der Waals surface area (Å²) in [6.07, 6.45) is -4.61. The van der Waals surface area contributed by atoms with Gasteiger partial charge in [0.05, 0.1) is 17.0 Å². The Morgan fingerprint density at radius 2 is 2.00 bits per heavy atom. The number of benzene rings is 1. The zero-order valence-electron chi connectivity index (χ0n) is 8.31. The third kappa shape index (κ3) is 3.68. The maximum atomic E-state index is 12.5. The van der Waals surface area contributed by atoms with Crippen LogP contribution in [-0.4, -0.2) is 17.0 Å². The maximum absolute atomic E-state index is 12.5. The fourth-order valence-corrected chi connectivity index (χ4v) is 1.19. The lowest BCUT2D eigenvalue weighted by Crippen LogP contribution is -2.08. The van der Waals surface area contributed by atoms with Gasteiger partial charge in [-0.15, -0.1) is 11.6 Å². The number of alkyl halides is 4. The van der Waals surface area contributed by atoms with Crippen molar-refractivity contribution in [3.63, 3.8) is 0 Å². The molecule has 17 heavy (non-hydrogen) atoms. The van der Waals surface area contributed by atoms with Crippen molar-refractivity contribution in [2.75, 3.05) is 5.88 Å². The van der Waals surface area contributed by atoms with Gasteiger partial charge < -0.3 is 5.11 Å². The number of carboxylic acids is 1. The molecule has 2 nitrogen and oxygen atoms in total. The molecule has 0 radical (unpaired) electrons. The van der Waals surface area contributed by atoms with Crippen LogP contribution in [0.2, 0.25) is 0 Å². The van der Waals surface area contributed by atoms with Crippen LogP contribution < -0.4 is 0 Å². The van der Waals surface area contributed by atoms with E-state index in [1.54, 1.807) is 0 Å². The molecular weight excluding hydrogens is 257 g/mol. The highest BCUT2D eigenvalue weighted by Gasteiger charge is 2.31. The van der Waals surface area contributed by atoms with E-state index in [0.717, 1.165) is 12.1 Å². The molecule has 6 heteroatoms. The van der Waals surface area contributed by atoms with Gasteiger partial charge >= 0.3 is 12.1 Å². The number of aromatic carboxylic acids is 1. The van der Waals surface area contributed by atoms with Gasteiger partial charge in [-0.1, -0.05) is 11.8 Å². The van der Waals surface area contributed by atoms with E-state index in [1.807, 2.05) is 0 Å². The first-order chi connectivity index (χ1) is 7.84. The van der Waals surface area contributed by atoms with E-state index in [0.29, 0.717) is 6.07 Å². The van der Waals surface area contributed by atoms with Gasteiger partial charge in [-0.3, -0.25) is 0 Å². The van der Waals surface area contributed by atoms with Crippen molar-refractivity contribution in [1.29, 1.82) is 0 Å². The van der Waals surface area contributed by atoms with Crippen LogP contribution in [0.4, 0.5) is 13.2 Å². The smallest absolute Gasteiger partial charge is 0.416 e. The van der Waals surface area contributed by atoms with Crippen LogP contribution in [0, 0.1) is 11.8 Å². The highest BCUT2D eigenvalue weighted by atomic mass is 35.5. The average Bonchev–Trinajstić information content (AvgIpc) is 2.24. The molecule has 0 unspecified atom stereocenters. The number of hydrogen-bond acceptors (Lipinski definition) is 1. The molecule has 0 aliphatic heterocycles. The molecule has 1 aromatic carbocycles. The van der Waals surface area contributed by atoms with Crippen molar-refractivity contribution >= 4 is 17.6 Å². The number of hydrogen-bond donors (Lipinski definition) is 1. The second kappa shape index (κ2) is 5.11. The number of halogens is 4. The number of carbonyl (C=O) groups is 1. The molecule has 0 spiro atoms. The van der Waals surface area contributed by atoms with E-state index >= 15 is 0 Å². The van der Waals surface area contributed by atoms with E-state index in [9.17, 15) is 18.0 Å². The fraction of sp³-hybridized carbons (Fsp3) is 0.182. The predicted molar refractivity (Wildman–Crippen MR) is 56.0 cm³/mol. The fourth-order valence-electron chi connectivity index (χ4n) is 1.12. The van der Waals surface area contributed by atoms with E-state index in [4.69, 9.17) is 16.7 Å². The molecular formula is C11H6ClF3O2. The van der Waals surface area contributed by atoms with Crippen LogP contribution in [0.15, 0.2) is 18.2 Å². The summed E-state index contributed by atoms with van der Waals surface area (Å²) in [5.41, 5.74) is -1.53. The molecule has 0 atom stereocenters. The first kappa shape index (κ1) is 13.4. The summed E-state index contributed by atoms with van der Waals surface area (Å²) >= 11 is 5.27. The van der Waals surface area contributed by atoms with E-state index < -0.39 is 23.3 Å². The molecule has 0 saturated heterocycles. The molecule has 0 fully saturated rings. The topological polar surface area (TPSA) is 37.3 Å². The van der Waals surface area contributed by atoms with Gasteiger partial charge in [0.15, 0.2) is 0 Å². The van der Waals surface area contributed by atoms with E-state index in [-0.39, 0.29) is 11.4 Å². The van der Waals surface area contributed by atoms with Crippen LogP contribution >= 0.6 is 11.6 Å². The van der Waals surface area contributed by atoms with Crippen LogP contribution in [0.25, 0.3) is 0 Å². The Kier molecular flexibility index (Phi) is 4.02. The minimum atomic E-state index is -4.61. The van der Waals surface area contributed by atoms with Crippen molar-refractivity contribution in [1.82, 2.24) is 0 Å². The molecule has 0 aliphatic rings. The zero-order valence-corrected chi connectivity index (χ0v) is 9.06. The van der Waals surface area contributed by atoms with Gasteiger partial charge in [0.2, 0.25) is 0 Å². The Morgan fingerprint density at radius 1 is 1.35 bits per heavy atom. The molecule has 0 bridgehead atoms. The lowest BCUT2D eigenvalue weighted by molar-refractivity contribution is -0.137. The van der Waals surface area contributed by atoms with Crippen molar-refractivity contribution < 1.29 is 23.1 Å². The van der Waals surface area contributed by atoms with Crippen molar-refractivity contribution in [3.05, 3.63) is 34.9 Å². The van der Waals surface area contributed by atoms with E-state index in [2.05, 4.69) is 11.8 Å².